The second kappa shape index (κ2) is 11.3. The maximum atomic E-state index is 11.8. The van der Waals surface area contributed by atoms with Gasteiger partial charge in [-0.25, -0.2) is 4.18 Å². The molecule has 0 rings (SSSR count). The van der Waals surface area contributed by atoms with Gasteiger partial charge in [0.25, 0.3) is 0 Å². The van der Waals surface area contributed by atoms with Crippen LogP contribution in [0.3, 0.4) is 0 Å². The number of ketones is 1. The Kier molecular flexibility index (Phi) is 11.1. The first-order chi connectivity index (χ1) is 10.6. The first-order valence-corrected chi connectivity index (χ1v) is 9.27. The molecule has 0 heterocycles. The summed E-state index contributed by atoms with van der Waals surface area (Å²) in [6.45, 7) is -0.486. The summed E-state index contributed by atoms with van der Waals surface area (Å²) < 4.78 is 34.2. The third kappa shape index (κ3) is 9.54. The molecule has 0 aliphatic carbocycles. The number of Topliss-reactive ketones (excluding diaryl/α,β-unsaturated/α-hetero) is 1. The number of carbonyl (C=O) groups is 1. The fourth-order valence-electron chi connectivity index (χ4n) is 1.63. The van der Waals surface area contributed by atoms with Crippen molar-refractivity contribution in [2.24, 2.45) is 5.73 Å². The van der Waals surface area contributed by atoms with Gasteiger partial charge in [0.2, 0.25) is 0 Å². The summed E-state index contributed by atoms with van der Waals surface area (Å²) in [4.78, 5) is 11.8. The fraction of sp³-hybridized carbons (Fsp3) is 0.909. The number of carbonyl (C=O) groups excluding carboxylic acids is 1. The summed E-state index contributed by atoms with van der Waals surface area (Å²) >= 11 is 1.49. The molecule has 0 unspecified atom stereocenters. The highest BCUT2D eigenvalue weighted by atomic mass is 32.3. The van der Waals surface area contributed by atoms with Crippen LogP contribution in [0.15, 0.2) is 0 Å². The van der Waals surface area contributed by atoms with E-state index >= 15 is 0 Å². The van der Waals surface area contributed by atoms with Crippen molar-refractivity contribution < 1.29 is 42.4 Å². The highest BCUT2D eigenvalue weighted by Crippen LogP contribution is 2.15. The van der Waals surface area contributed by atoms with E-state index in [-0.39, 0.29) is 6.42 Å². The molecular weight excluding hydrogens is 354 g/mol. The lowest BCUT2D eigenvalue weighted by Crippen LogP contribution is -2.50. The Morgan fingerprint density at radius 2 is 1.83 bits per heavy atom. The van der Waals surface area contributed by atoms with Crippen molar-refractivity contribution in [3.63, 3.8) is 0 Å². The van der Waals surface area contributed by atoms with Crippen molar-refractivity contribution >= 4 is 27.9 Å². The van der Waals surface area contributed by atoms with Crippen LogP contribution in [0.5, 0.6) is 0 Å². The molecule has 0 aliphatic heterocycles. The number of hydrogen-bond acceptors (Lipinski definition) is 10. The van der Waals surface area contributed by atoms with E-state index in [0.29, 0.717) is 24.5 Å². The Labute approximate surface area is 138 Å². The Balaban J connectivity index is 4.77. The molecule has 23 heavy (non-hydrogen) atoms. The molecule has 0 aromatic heterocycles. The highest BCUT2D eigenvalue weighted by Gasteiger charge is 2.39. The molecule has 4 atom stereocenters. The zero-order valence-electron chi connectivity index (χ0n) is 12.3. The minimum Gasteiger partial charge on any atom is -0.394 e. The SMILES string of the molecule is NCCSCCCC(=O)[C@H](O)[C@@H](OS(=O)(=O)O)[C@@H](O)[C@H](O)CO. The first-order valence-electron chi connectivity index (χ1n) is 6.75. The van der Waals surface area contributed by atoms with Crippen LogP contribution in [0.1, 0.15) is 12.8 Å². The average molecular weight is 377 g/mol. The van der Waals surface area contributed by atoms with Crippen molar-refractivity contribution in [1.29, 1.82) is 0 Å². The van der Waals surface area contributed by atoms with E-state index in [1.165, 1.54) is 11.8 Å². The van der Waals surface area contributed by atoms with Crippen LogP contribution in [-0.4, -0.2) is 88.3 Å². The lowest BCUT2D eigenvalue weighted by atomic mass is 9.98. The molecule has 0 aromatic rings. The van der Waals surface area contributed by atoms with Crippen LogP contribution in [0.25, 0.3) is 0 Å². The van der Waals surface area contributed by atoms with Crippen LogP contribution in [0, 0.1) is 0 Å². The van der Waals surface area contributed by atoms with Crippen molar-refractivity contribution in [3.8, 4) is 0 Å². The molecule has 0 fully saturated rings. The molecule has 0 amide bonds. The maximum Gasteiger partial charge on any atom is 0.397 e. The Bertz CT molecular complexity index is 445. The van der Waals surface area contributed by atoms with Gasteiger partial charge in [-0.15, -0.1) is 0 Å². The minimum atomic E-state index is -5.10. The second-order valence-electron chi connectivity index (χ2n) is 4.64. The summed E-state index contributed by atoms with van der Waals surface area (Å²) in [6.07, 6.45) is -7.98. The molecular formula is C11H23NO9S2. The van der Waals surface area contributed by atoms with Crippen LogP contribution in [-0.2, 0) is 19.4 Å². The number of aliphatic hydroxyl groups excluding tert-OH is 4. The normalized spacial score (nSPS) is 17.5. The predicted octanol–water partition coefficient (Wildman–Crippen LogP) is -2.71. The number of thioether (sulfide) groups is 1. The van der Waals surface area contributed by atoms with E-state index in [4.69, 9.17) is 15.4 Å². The maximum absolute atomic E-state index is 11.8. The molecule has 0 aromatic carbocycles. The van der Waals surface area contributed by atoms with E-state index in [2.05, 4.69) is 4.18 Å². The molecule has 7 N–H and O–H groups in total. The number of rotatable bonds is 13. The molecule has 0 aliphatic rings. The summed E-state index contributed by atoms with van der Waals surface area (Å²) in [5, 5.41) is 37.5. The fourth-order valence-corrected chi connectivity index (χ4v) is 2.85. The van der Waals surface area contributed by atoms with Gasteiger partial charge in [-0.05, 0) is 12.2 Å². The quantitative estimate of drug-likeness (QED) is 0.145. The lowest BCUT2D eigenvalue weighted by molar-refractivity contribution is -0.143. The van der Waals surface area contributed by atoms with Gasteiger partial charge in [-0.1, -0.05) is 0 Å². The van der Waals surface area contributed by atoms with E-state index in [9.17, 15) is 28.5 Å². The standard InChI is InChI=1S/C11H23NO9S2/c12-3-5-22-4-1-2-7(14)9(16)11(21-23(18,19)20)10(17)8(15)6-13/h8-11,13,15-17H,1-6,12H2,(H,18,19,20)/t8-,9+,10+,11-/m1/s1. The zero-order chi connectivity index (χ0) is 18.0. The van der Waals surface area contributed by atoms with Crippen LogP contribution in [0.4, 0.5) is 0 Å². The summed E-state index contributed by atoms with van der Waals surface area (Å²) in [5.41, 5.74) is 5.30. The van der Waals surface area contributed by atoms with Gasteiger partial charge in [-0.2, -0.15) is 20.2 Å². The molecule has 138 valence electrons. The third-order valence-electron chi connectivity index (χ3n) is 2.77. The summed E-state index contributed by atoms with van der Waals surface area (Å²) in [6, 6.07) is 0. The van der Waals surface area contributed by atoms with Gasteiger partial charge in [0, 0.05) is 18.7 Å². The van der Waals surface area contributed by atoms with Crippen LogP contribution >= 0.6 is 11.8 Å². The zero-order valence-corrected chi connectivity index (χ0v) is 13.9. The van der Waals surface area contributed by atoms with Gasteiger partial charge in [0.05, 0.1) is 6.61 Å². The minimum absolute atomic E-state index is 0.133. The highest BCUT2D eigenvalue weighted by molar-refractivity contribution is 7.99. The average Bonchev–Trinajstić information content (AvgIpc) is 2.49. The summed E-state index contributed by atoms with van der Waals surface area (Å²) in [5.74, 6) is 0.449. The monoisotopic (exact) mass is 377 g/mol. The lowest BCUT2D eigenvalue weighted by Gasteiger charge is -2.27. The van der Waals surface area contributed by atoms with Crippen molar-refractivity contribution in [2.75, 3.05) is 24.7 Å². The molecule has 0 spiro atoms. The largest absolute Gasteiger partial charge is 0.397 e. The van der Waals surface area contributed by atoms with Crippen molar-refractivity contribution in [1.82, 2.24) is 0 Å². The van der Waals surface area contributed by atoms with Crippen LogP contribution in [0.2, 0.25) is 0 Å². The van der Waals surface area contributed by atoms with E-state index in [1.54, 1.807) is 0 Å². The first kappa shape index (κ1) is 22.7. The van der Waals surface area contributed by atoms with Gasteiger partial charge < -0.3 is 26.2 Å². The van der Waals surface area contributed by atoms with Gasteiger partial charge in [-0.3, -0.25) is 9.35 Å². The predicted molar refractivity (Wildman–Crippen MR) is 82.1 cm³/mol. The Hall–Kier alpha value is -0.310. The third-order valence-corrected chi connectivity index (χ3v) is 4.33. The molecule has 0 radical (unpaired) electrons. The summed E-state index contributed by atoms with van der Waals surface area (Å²) in [7, 11) is -5.10. The van der Waals surface area contributed by atoms with Crippen molar-refractivity contribution in [3.05, 3.63) is 0 Å². The smallest absolute Gasteiger partial charge is 0.394 e. The molecule has 10 nitrogen and oxygen atoms in total. The topological polar surface area (TPSA) is 188 Å². The Morgan fingerprint density at radius 1 is 1.22 bits per heavy atom. The van der Waals surface area contributed by atoms with Gasteiger partial charge >= 0.3 is 10.4 Å². The van der Waals surface area contributed by atoms with Crippen molar-refractivity contribution in [2.45, 2.75) is 37.3 Å². The second-order valence-corrected chi connectivity index (χ2v) is 6.92. The molecule has 0 bridgehead atoms. The van der Waals surface area contributed by atoms with E-state index < -0.39 is 47.2 Å². The number of hydrogen-bond donors (Lipinski definition) is 6. The number of aliphatic hydroxyl groups is 4. The van der Waals surface area contributed by atoms with Crippen LogP contribution < -0.4 is 5.73 Å². The molecule has 0 saturated heterocycles. The van der Waals surface area contributed by atoms with Gasteiger partial charge in [0.1, 0.15) is 24.4 Å². The Morgan fingerprint density at radius 3 is 2.30 bits per heavy atom. The molecule has 12 heteroatoms. The van der Waals surface area contributed by atoms with Gasteiger partial charge in [0.15, 0.2) is 5.78 Å². The molecule has 0 saturated carbocycles. The van der Waals surface area contributed by atoms with E-state index in [0.717, 1.165) is 0 Å². The number of nitrogens with two attached hydrogens (primary N) is 1. The van der Waals surface area contributed by atoms with E-state index in [1.807, 2.05) is 0 Å².